The number of ketones is 2. The van der Waals surface area contributed by atoms with Crippen LogP contribution >= 0.6 is 0 Å². The Kier molecular flexibility index (Phi) is 9.22. The summed E-state index contributed by atoms with van der Waals surface area (Å²) in [5, 5.41) is 23.1. The molecular formula is C31H45NO8. The fourth-order valence-electron chi connectivity index (χ4n) is 8.48. The number of hydrogen-bond acceptors (Lipinski definition) is 7. The van der Waals surface area contributed by atoms with E-state index in [9.17, 15) is 29.1 Å². The molecule has 4 rings (SSSR count). The van der Waals surface area contributed by atoms with E-state index < -0.39 is 35.3 Å². The van der Waals surface area contributed by atoms with Gasteiger partial charge in [0.25, 0.3) is 0 Å². The molecule has 3 N–H and O–H groups in total. The largest absolute Gasteiger partial charge is 0.481 e. The molecule has 0 aromatic carbocycles. The maximum atomic E-state index is 13.3. The summed E-state index contributed by atoms with van der Waals surface area (Å²) in [6, 6.07) is 0. The summed E-state index contributed by atoms with van der Waals surface area (Å²) in [5.74, 6) is -0.962. The Balaban J connectivity index is 1.25. The van der Waals surface area contributed by atoms with Crippen molar-refractivity contribution in [3.05, 3.63) is 11.6 Å². The predicted molar refractivity (Wildman–Crippen MR) is 146 cm³/mol. The number of unbranched alkanes of at least 4 members (excludes halogenated alkanes) is 2. The summed E-state index contributed by atoms with van der Waals surface area (Å²) >= 11 is 0. The number of rotatable bonds is 12. The molecule has 40 heavy (non-hydrogen) atoms. The number of Topliss-reactive ketones (excluding diaryl/α,β-unsaturated/α-hetero) is 1. The van der Waals surface area contributed by atoms with E-state index in [4.69, 9.17) is 9.84 Å². The molecule has 0 heterocycles. The van der Waals surface area contributed by atoms with E-state index in [-0.39, 0.29) is 42.3 Å². The number of aliphatic hydroxyl groups is 1. The first-order valence-electron chi connectivity index (χ1n) is 15.0. The van der Waals surface area contributed by atoms with E-state index in [1.807, 2.05) is 13.0 Å². The molecule has 9 nitrogen and oxygen atoms in total. The molecule has 4 aliphatic rings. The van der Waals surface area contributed by atoms with Crippen molar-refractivity contribution >= 4 is 29.4 Å². The molecular weight excluding hydrogens is 514 g/mol. The number of ether oxygens (including phenoxy) is 1. The number of amides is 1. The SMILES string of the molecule is C[C@]12CCC(=O)C=C1CC[C@@H]1[C@H]2CC[C@@]2(C)[C@@H]1CC[C@]2(O)C(=O)COC(=O)CCC(=O)NCCCCCC(=O)O. The molecule has 0 aliphatic heterocycles. The van der Waals surface area contributed by atoms with Crippen molar-refractivity contribution < 1.29 is 38.9 Å². The molecule has 4 aliphatic carbocycles. The lowest BCUT2D eigenvalue weighted by atomic mass is 9.46. The molecule has 1 amide bonds. The third-order valence-corrected chi connectivity index (χ3v) is 10.9. The highest BCUT2D eigenvalue weighted by molar-refractivity contribution is 5.92. The Morgan fingerprint density at radius 1 is 0.950 bits per heavy atom. The molecule has 3 fully saturated rings. The van der Waals surface area contributed by atoms with Gasteiger partial charge in [-0.3, -0.25) is 24.0 Å². The topological polar surface area (TPSA) is 147 Å². The number of carbonyl (C=O) groups is 5. The Morgan fingerprint density at radius 2 is 1.70 bits per heavy atom. The summed E-state index contributed by atoms with van der Waals surface area (Å²) in [7, 11) is 0. The maximum Gasteiger partial charge on any atom is 0.306 e. The Hall–Kier alpha value is -2.55. The van der Waals surface area contributed by atoms with Gasteiger partial charge in [-0.2, -0.15) is 0 Å². The van der Waals surface area contributed by atoms with Crippen molar-refractivity contribution in [2.45, 2.75) is 109 Å². The van der Waals surface area contributed by atoms with Gasteiger partial charge in [0.15, 0.2) is 12.4 Å². The summed E-state index contributed by atoms with van der Waals surface area (Å²) in [6.07, 6.45) is 9.79. The molecule has 6 atom stereocenters. The molecule has 3 saturated carbocycles. The summed E-state index contributed by atoms with van der Waals surface area (Å²) in [6.45, 7) is 4.25. The number of carboxylic acids is 1. The van der Waals surface area contributed by atoms with E-state index in [0.717, 1.165) is 38.5 Å². The second-order valence-corrected chi connectivity index (χ2v) is 13.0. The van der Waals surface area contributed by atoms with Crippen LogP contribution in [0, 0.1) is 28.6 Å². The molecule has 0 bridgehead atoms. The minimum Gasteiger partial charge on any atom is -0.481 e. The fourth-order valence-corrected chi connectivity index (χ4v) is 8.48. The zero-order chi connectivity index (χ0) is 29.1. The van der Waals surface area contributed by atoms with Gasteiger partial charge >= 0.3 is 11.9 Å². The molecule has 0 spiro atoms. The number of carbonyl (C=O) groups excluding carboxylic acids is 4. The number of carboxylic acid groups (broad SMARTS) is 1. The van der Waals surface area contributed by atoms with Gasteiger partial charge in [0, 0.05) is 31.2 Å². The molecule has 0 saturated heterocycles. The van der Waals surface area contributed by atoms with E-state index >= 15 is 0 Å². The Labute approximate surface area is 236 Å². The number of hydrogen-bond donors (Lipinski definition) is 3. The fraction of sp³-hybridized carbons (Fsp3) is 0.774. The van der Waals surface area contributed by atoms with Crippen LogP contribution in [0.1, 0.15) is 104 Å². The van der Waals surface area contributed by atoms with Gasteiger partial charge in [-0.05, 0) is 87.0 Å². The van der Waals surface area contributed by atoms with Gasteiger partial charge < -0.3 is 20.3 Å². The average Bonchev–Trinajstić information content (AvgIpc) is 3.19. The first-order valence-corrected chi connectivity index (χ1v) is 15.0. The minimum atomic E-state index is -1.54. The van der Waals surface area contributed by atoms with Crippen LogP contribution in [0.2, 0.25) is 0 Å². The lowest BCUT2D eigenvalue weighted by Gasteiger charge is -2.58. The zero-order valence-corrected chi connectivity index (χ0v) is 24.0. The van der Waals surface area contributed by atoms with Crippen LogP contribution in [0.3, 0.4) is 0 Å². The second-order valence-electron chi connectivity index (χ2n) is 13.0. The lowest BCUT2D eigenvalue weighted by molar-refractivity contribution is -0.170. The van der Waals surface area contributed by atoms with Crippen LogP contribution < -0.4 is 5.32 Å². The second kappa shape index (κ2) is 12.1. The van der Waals surface area contributed by atoms with Gasteiger partial charge in [0.1, 0.15) is 5.60 Å². The van der Waals surface area contributed by atoms with Gasteiger partial charge in [-0.1, -0.05) is 25.8 Å². The first-order chi connectivity index (χ1) is 18.9. The lowest BCUT2D eigenvalue weighted by Crippen LogP contribution is -2.58. The third kappa shape index (κ3) is 5.90. The number of allylic oxidation sites excluding steroid dienone is 1. The normalized spacial score (nSPS) is 34.6. The molecule has 0 radical (unpaired) electrons. The smallest absolute Gasteiger partial charge is 0.306 e. The highest BCUT2D eigenvalue weighted by Gasteiger charge is 2.66. The van der Waals surface area contributed by atoms with Crippen LogP contribution in [-0.2, 0) is 28.7 Å². The molecule has 222 valence electrons. The summed E-state index contributed by atoms with van der Waals surface area (Å²) < 4.78 is 5.22. The van der Waals surface area contributed by atoms with Crippen LogP contribution in [-0.4, -0.2) is 58.4 Å². The highest BCUT2D eigenvalue weighted by Crippen LogP contribution is 2.67. The van der Waals surface area contributed by atoms with Crippen molar-refractivity contribution in [2.24, 2.45) is 28.6 Å². The van der Waals surface area contributed by atoms with Crippen molar-refractivity contribution in [1.29, 1.82) is 0 Å². The molecule has 9 heteroatoms. The average molecular weight is 560 g/mol. The van der Waals surface area contributed by atoms with Crippen molar-refractivity contribution in [1.82, 2.24) is 5.32 Å². The highest BCUT2D eigenvalue weighted by atomic mass is 16.5. The van der Waals surface area contributed by atoms with Crippen LogP contribution in [0.25, 0.3) is 0 Å². The number of fused-ring (bicyclic) bond motifs is 5. The maximum absolute atomic E-state index is 13.3. The van der Waals surface area contributed by atoms with Crippen molar-refractivity contribution in [3.8, 4) is 0 Å². The van der Waals surface area contributed by atoms with Gasteiger partial charge in [0.2, 0.25) is 11.7 Å². The quantitative estimate of drug-likeness (QED) is 0.241. The van der Waals surface area contributed by atoms with Gasteiger partial charge in [-0.15, -0.1) is 0 Å². The van der Waals surface area contributed by atoms with Gasteiger partial charge in [-0.25, -0.2) is 0 Å². The minimum absolute atomic E-state index is 0.0189. The summed E-state index contributed by atoms with van der Waals surface area (Å²) in [5.41, 5.74) is -0.815. The predicted octanol–water partition coefficient (Wildman–Crippen LogP) is 3.90. The number of nitrogens with one attached hydrogen (secondary N) is 1. The molecule has 0 aromatic heterocycles. The Bertz CT molecular complexity index is 1070. The zero-order valence-electron chi connectivity index (χ0n) is 24.0. The molecule has 0 unspecified atom stereocenters. The summed E-state index contributed by atoms with van der Waals surface area (Å²) in [4.78, 5) is 60.2. The van der Waals surface area contributed by atoms with E-state index in [1.54, 1.807) is 0 Å². The number of esters is 1. The van der Waals surface area contributed by atoms with E-state index in [2.05, 4.69) is 12.2 Å². The van der Waals surface area contributed by atoms with Crippen molar-refractivity contribution in [3.63, 3.8) is 0 Å². The van der Waals surface area contributed by atoms with Crippen LogP contribution in [0.15, 0.2) is 11.6 Å². The Morgan fingerprint density at radius 3 is 2.45 bits per heavy atom. The first kappa shape index (κ1) is 30.4. The number of aliphatic carboxylic acids is 1. The third-order valence-electron chi connectivity index (χ3n) is 10.9. The monoisotopic (exact) mass is 559 g/mol. The van der Waals surface area contributed by atoms with E-state index in [0.29, 0.717) is 50.5 Å². The van der Waals surface area contributed by atoms with Gasteiger partial charge in [0.05, 0.1) is 6.42 Å². The van der Waals surface area contributed by atoms with E-state index in [1.165, 1.54) is 5.57 Å². The van der Waals surface area contributed by atoms with Crippen molar-refractivity contribution in [2.75, 3.05) is 13.2 Å². The standard InChI is InChI=1S/C31H45NO8/c1-29-14-11-21(33)18-20(29)7-8-22-23(29)12-15-30(2)24(22)13-16-31(30,39)25(34)19-40-28(38)10-9-26(35)32-17-5-3-4-6-27(36)37/h18,22-24,39H,3-17,19H2,1-2H3,(H,32,35)(H,36,37)/t22-,23-,24-,29+,30+,31+/m1/s1. The molecule has 0 aromatic rings. The van der Waals surface area contributed by atoms with Crippen LogP contribution in [0.5, 0.6) is 0 Å². The van der Waals surface area contributed by atoms with Crippen LogP contribution in [0.4, 0.5) is 0 Å².